The van der Waals surface area contributed by atoms with Crippen LogP contribution in [0.5, 0.6) is 5.75 Å². The summed E-state index contributed by atoms with van der Waals surface area (Å²) in [6.45, 7) is 3.86. The van der Waals surface area contributed by atoms with Crippen molar-refractivity contribution in [3.05, 3.63) is 63.6 Å². The minimum Gasteiger partial charge on any atom is -0.482 e. The molecular weight excluding hydrogens is 447 g/mol. The van der Waals surface area contributed by atoms with Gasteiger partial charge < -0.3 is 15.0 Å². The van der Waals surface area contributed by atoms with E-state index in [-0.39, 0.29) is 24.5 Å². The average Bonchev–Trinajstić information content (AvgIpc) is 2.78. The number of benzene rings is 2. The number of rotatable bonds is 8. The van der Waals surface area contributed by atoms with Crippen molar-refractivity contribution in [3.63, 3.8) is 0 Å². The monoisotopic (exact) mass is 476 g/mol. The van der Waals surface area contributed by atoms with Crippen LogP contribution in [0.1, 0.15) is 50.2 Å². The van der Waals surface area contributed by atoms with Crippen LogP contribution in [-0.2, 0) is 16.1 Å². The summed E-state index contributed by atoms with van der Waals surface area (Å²) in [6, 6.07) is 12.3. The highest BCUT2D eigenvalue weighted by Crippen LogP contribution is 2.27. The molecule has 1 fully saturated rings. The predicted molar refractivity (Wildman–Crippen MR) is 128 cm³/mol. The smallest absolute Gasteiger partial charge is 0.261 e. The molecule has 1 aliphatic rings. The highest BCUT2D eigenvalue weighted by molar-refractivity contribution is 6.35. The maximum absolute atomic E-state index is 13.2. The van der Waals surface area contributed by atoms with E-state index in [0.29, 0.717) is 22.3 Å². The molecule has 32 heavy (non-hydrogen) atoms. The lowest BCUT2D eigenvalue weighted by atomic mass is 9.95. The number of carbonyl (C=O) groups excluding carboxylic acids is 2. The first-order valence-electron chi connectivity index (χ1n) is 11.1. The van der Waals surface area contributed by atoms with Crippen molar-refractivity contribution < 1.29 is 14.3 Å². The van der Waals surface area contributed by atoms with Crippen LogP contribution in [0.2, 0.25) is 10.0 Å². The summed E-state index contributed by atoms with van der Waals surface area (Å²) in [6.07, 6.45) is 5.44. The molecule has 7 heteroatoms. The van der Waals surface area contributed by atoms with Crippen molar-refractivity contribution in [2.24, 2.45) is 0 Å². The van der Waals surface area contributed by atoms with E-state index < -0.39 is 6.04 Å². The van der Waals surface area contributed by atoms with E-state index in [4.69, 9.17) is 27.9 Å². The quantitative estimate of drug-likeness (QED) is 0.543. The van der Waals surface area contributed by atoms with Crippen molar-refractivity contribution in [1.29, 1.82) is 0 Å². The van der Waals surface area contributed by atoms with Gasteiger partial charge in [-0.2, -0.15) is 0 Å². The van der Waals surface area contributed by atoms with E-state index in [1.165, 1.54) is 6.42 Å². The molecular formula is C25H30Cl2N2O3. The van der Waals surface area contributed by atoms with Crippen molar-refractivity contribution in [1.82, 2.24) is 10.2 Å². The number of amides is 2. The summed E-state index contributed by atoms with van der Waals surface area (Å²) >= 11 is 12.1. The van der Waals surface area contributed by atoms with Gasteiger partial charge >= 0.3 is 0 Å². The van der Waals surface area contributed by atoms with E-state index in [1.54, 1.807) is 30.0 Å². The maximum Gasteiger partial charge on any atom is 0.261 e. The van der Waals surface area contributed by atoms with Gasteiger partial charge in [-0.15, -0.1) is 0 Å². The minimum atomic E-state index is -0.630. The molecule has 5 nitrogen and oxygen atoms in total. The summed E-state index contributed by atoms with van der Waals surface area (Å²) < 4.78 is 5.66. The number of hydrogen-bond acceptors (Lipinski definition) is 3. The van der Waals surface area contributed by atoms with Gasteiger partial charge in [0.05, 0.1) is 5.02 Å². The first-order valence-corrected chi connectivity index (χ1v) is 11.8. The van der Waals surface area contributed by atoms with Crippen LogP contribution in [0.3, 0.4) is 0 Å². The summed E-state index contributed by atoms with van der Waals surface area (Å²) in [5.41, 5.74) is 2.08. The third kappa shape index (κ3) is 6.88. The lowest BCUT2D eigenvalue weighted by molar-refractivity contribution is -0.142. The second-order valence-electron chi connectivity index (χ2n) is 8.39. The SMILES string of the molecule is Cc1ccc(CN(C(=O)COc2ccc(Cl)cc2Cl)[C@H](C)C(=O)NC2CCCCC2)cc1. The molecule has 172 valence electrons. The number of halogens is 2. The molecule has 1 saturated carbocycles. The van der Waals surface area contributed by atoms with Crippen LogP contribution >= 0.6 is 23.2 Å². The standard InChI is InChI=1S/C25H30Cl2N2O3/c1-17-8-10-19(11-9-17)15-29(18(2)25(31)28-21-6-4-3-5-7-21)24(30)16-32-23-13-12-20(26)14-22(23)27/h8-14,18,21H,3-7,15-16H2,1-2H3,(H,28,31)/t18-/m1/s1. The number of aryl methyl sites for hydroxylation is 1. The molecule has 1 N–H and O–H groups in total. The van der Waals surface area contributed by atoms with Gasteiger partial charge in [-0.05, 0) is 50.5 Å². The Kier molecular flexibility index (Phi) is 8.83. The molecule has 2 amide bonds. The molecule has 0 spiro atoms. The zero-order valence-corrected chi connectivity index (χ0v) is 20.1. The Labute approximate surface area is 200 Å². The number of nitrogens with one attached hydrogen (secondary N) is 1. The Balaban J connectivity index is 1.71. The fourth-order valence-electron chi connectivity index (χ4n) is 3.86. The molecule has 0 heterocycles. The van der Waals surface area contributed by atoms with Gasteiger partial charge in [0.15, 0.2) is 6.61 Å². The second-order valence-corrected chi connectivity index (χ2v) is 9.23. The zero-order valence-electron chi connectivity index (χ0n) is 18.6. The van der Waals surface area contributed by atoms with Crippen LogP contribution < -0.4 is 10.1 Å². The number of hydrogen-bond donors (Lipinski definition) is 1. The topological polar surface area (TPSA) is 58.6 Å². The maximum atomic E-state index is 13.2. The van der Waals surface area contributed by atoms with Crippen LogP contribution in [0, 0.1) is 6.92 Å². The largest absolute Gasteiger partial charge is 0.482 e. The highest BCUT2D eigenvalue weighted by atomic mass is 35.5. The Bertz CT molecular complexity index is 927. The highest BCUT2D eigenvalue weighted by Gasteiger charge is 2.28. The van der Waals surface area contributed by atoms with Crippen LogP contribution in [-0.4, -0.2) is 35.4 Å². The van der Waals surface area contributed by atoms with Crippen LogP contribution in [0.25, 0.3) is 0 Å². The fourth-order valence-corrected chi connectivity index (χ4v) is 4.32. The van der Waals surface area contributed by atoms with Crippen molar-refractivity contribution in [3.8, 4) is 5.75 Å². The summed E-state index contributed by atoms with van der Waals surface area (Å²) in [7, 11) is 0. The lowest BCUT2D eigenvalue weighted by Crippen LogP contribution is -2.51. The zero-order chi connectivity index (χ0) is 23.1. The number of carbonyl (C=O) groups is 2. The van der Waals surface area contributed by atoms with E-state index >= 15 is 0 Å². The van der Waals surface area contributed by atoms with Crippen molar-refractivity contribution >= 4 is 35.0 Å². The molecule has 0 saturated heterocycles. The number of nitrogens with zero attached hydrogens (tertiary/aromatic N) is 1. The van der Waals surface area contributed by atoms with Gasteiger partial charge in [-0.1, -0.05) is 72.3 Å². The Morgan fingerprint density at radius 3 is 2.44 bits per heavy atom. The summed E-state index contributed by atoms with van der Waals surface area (Å²) in [4.78, 5) is 27.7. The molecule has 0 unspecified atom stereocenters. The fraction of sp³-hybridized carbons (Fsp3) is 0.440. The Morgan fingerprint density at radius 2 is 1.78 bits per heavy atom. The van der Waals surface area contributed by atoms with Gasteiger partial charge in [-0.3, -0.25) is 9.59 Å². The Morgan fingerprint density at radius 1 is 1.09 bits per heavy atom. The second kappa shape index (κ2) is 11.6. The van der Waals surface area contributed by atoms with Gasteiger partial charge in [0.25, 0.3) is 5.91 Å². The average molecular weight is 477 g/mol. The number of ether oxygens (including phenoxy) is 1. The van der Waals surface area contributed by atoms with Crippen molar-refractivity contribution in [2.75, 3.05) is 6.61 Å². The third-order valence-corrected chi connectivity index (χ3v) is 6.37. The molecule has 0 aromatic heterocycles. The first kappa shape index (κ1) is 24.4. The molecule has 3 rings (SSSR count). The van der Waals surface area contributed by atoms with Crippen molar-refractivity contribution in [2.45, 2.75) is 64.6 Å². The van der Waals surface area contributed by atoms with Crippen LogP contribution in [0.4, 0.5) is 0 Å². The molecule has 0 radical (unpaired) electrons. The normalized spacial score (nSPS) is 15.1. The Hall–Kier alpha value is -2.24. The van der Waals surface area contributed by atoms with Gasteiger partial charge in [0.1, 0.15) is 11.8 Å². The summed E-state index contributed by atoms with van der Waals surface area (Å²) in [5, 5.41) is 3.95. The van der Waals surface area contributed by atoms with E-state index in [0.717, 1.165) is 36.8 Å². The molecule has 0 aliphatic heterocycles. The van der Waals surface area contributed by atoms with Gasteiger partial charge in [0, 0.05) is 17.6 Å². The molecule has 1 aliphatic carbocycles. The van der Waals surface area contributed by atoms with E-state index in [1.807, 2.05) is 31.2 Å². The molecule has 2 aromatic rings. The minimum absolute atomic E-state index is 0.137. The van der Waals surface area contributed by atoms with E-state index in [2.05, 4.69) is 5.32 Å². The first-order chi connectivity index (χ1) is 15.3. The lowest BCUT2D eigenvalue weighted by Gasteiger charge is -2.31. The molecule has 0 bridgehead atoms. The van der Waals surface area contributed by atoms with Gasteiger partial charge in [0.2, 0.25) is 5.91 Å². The molecule has 1 atom stereocenters. The predicted octanol–water partition coefficient (Wildman–Crippen LogP) is 5.55. The van der Waals surface area contributed by atoms with E-state index in [9.17, 15) is 9.59 Å². The van der Waals surface area contributed by atoms with Gasteiger partial charge in [-0.25, -0.2) is 0 Å². The van der Waals surface area contributed by atoms with Crippen LogP contribution in [0.15, 0.2) is 42.5 Å². The summed E-state index contributed by atoms with van der Waals surface area (Å²) in [5.74, 6) is -0.0521. The molecule has 2 aromatic carbocycles. The third-order valence-electron chi connectivity index (χ3n) is 5.84.